The number of nitriles is 2. The molecule has 1 rings (SSSR count). The van der Waals surface area contributed by atoms with Gasteiger partial charge in [-0.25, -0.2) is 0 Å². The minimum atomic E-state index is -0.708. The molecule has 1 atom stereocenters. The van der Waals surface area contributed by atoms with Crippen LogP contribution >= 0.6 is 11.6 Å². The van der Waals surface area contributed by atoms with E-state index in [9.17, 15) is 4.79 Å². The third-order valence-corrected chi connectivity index (χ3v) is 2.64. The molecule has 1 unspecified atom stereocenters. The van der Waals surface area contributed by atoms with Crippen LogP contribution in [0.15, 0.2) is 18.2 Å². The molecular formula is C13H12ClN3O. The zero-order valence-electron chi connectivity index (χ0n) is 9.90. The van der Waals surface area contributed by atoms with E-state index in [1.807, 2.05) is 19.1 Å². The third kappa shape index (κ3) is 3.48. The van der Waals surface area contributed by atoms with Gasteiger partial charge in [-0.3, -0.25) is 4.79 Å². The molecule has 0 aromatic heterocycles. The van der Waals surface area contributed by atoms with Crippen LogP contribution in [0.5, 0.6) is 0 Å². The molecular weight excluding hydrogens is 250 g/mol. The number of nitrogens with zero attached hydrogens (tertiary/aromatic N) is 2. The number of benzene rings is 1. The number of carbonyl (C=O) groups excluding carboxylic acids is 1. The van der Waals surface area contributed by atoms with Crippen molar-refractivity contribution in [1.82, 2.24) is 0 Å². The van der Waals surface area contributed by atoms with Gasteiger partial charge in [0.2, 0.25) is 5.91 Å². The van der Waals surface area contributed by atoms with Crippen molar-refractivity contribution < 1.29 is 4.79 Å². The third-order valence-electron chi connectivity index (χ3n) is 2.41. The second kappa shape index (κ2) is 6.64. The van der Waals surface area contributed by atoms with Crippen molar-refractivity contribution in [2.45, 2.75) is 19.8 Å². The Morgan fingerprint density at radius 1 is 1.50 bits per heavy atom. The summed E-state index contributed by atoms with van der Waals surface area (Å²) in [5.41, 5.74) is 0.660. The van der Waals surface area contributed by atoms with Gasteiger partial charge in [0.05, 0.1) is 17.3 Å². The normalized spacial score (nSPS) is 11.1. The summed E-state index contributed by atoms with van der Waals surface area (Å²) >= 11 is 5.81. The second-order valence-corrected chi connectivity index (χ2v) is 4.20. The summed E-state index contributed by atoms with van der Waals surface area (Å²) < 4.78 is 0. The molecule has 92 valence electrons. The van der Waals surface area contributed by atoms with Gasteiger partial charge in [0.25, 0.3) is 0 Å². The van der Waals surface area contributed by atoms with Crippen molar-refractivity contribution >= 4 is 23.2 Å². The number of hydrogen-bond acceptors (Lipinski definition) is 3. The van der Waals surface area contributed by atoms with Crippen LogP contribution in [0.2, 0.25) is 5.02 Å². The molecule has 0 bridgehead atoms. The van der Waals surface area contributed by atoms with Crippen molar-refractivity contribution in [2.24, 2.45) is 5.92 Å². The molecule has 1 aromatic carbocycles. The van der Waals surface area contributed by atoms with Gasteiger partial charge in [-0.05, 0) is 24.6 Å². The monoisotopic (exact) mass is 261 g/mol. The van der Waals surface area contributed by atoms with Crippen molar-refractivity contribution in [3.63, 3.8) is 0 Å². The van der Waals surface area contributed by atoms with Gasteiger partial charge in [0.1, 0.15) is 12.0 Å². The lowest BCUT2D eigenvalue weighted by atomic mass is 10.0. The van der Waals surface area contributed by atoms with Gasteiger partial charge in [-0.1, -0.05) is 24.9 Å². The number of nitrogens with one attached hydrogen (secondary N) is 1. The number of halogens is 1. The van der Waals surface area contributed by atoms with Crippen molar-refractivity contribution in [2.75, 3.05) is 5.32 Å². The zero-order valence-corrected chi connectivity index (χ0v) is 10.7. The van der Waals surface area contributed by atoms with E-state index < -0.39 is 11.8 Å². The van der Waals surface area contributed by atoms with E-state index in [-0.39, 0.29) is 0 Å². The standard InChI is InChI=1S/C13H12ClN3O/c1-2-3-10(8-16)13(18)17-12-6-11(14)5-4-9(12)7-15/h4-6,10H,2-3H2,1H3,(H,17,18). The van der Waals surface area contributed by atoms with E-state index >= 15 is 0 Å². The van der Waals surface area contributed by atoms with Crippen LogP contribution in [0.4, 0.5) is 5.69 Å². The number of rotatable bonds is 4. The van der Waals surface area contributed by atoms with Crippen molar-refractivity contribution in [3.05, 3.63) is 28.8 Å². The lowest BCUT2D eigenvalue weighted by Gasteiger charge is -2.10. The minimum Gasteiger partial charge on any atom is -0.324 e. The Balaban J connectivity index is 2.91. The van der Waals surface area contributed by atoms with E-state index in [0.29, 0.717) is 22.7 Å². The highest BCUT2D eigenvalue weighted by Gasteiger charge is 2.18. The Bertz CT molecular complexity index is 528. The largest absolute Gasteiger partial charge is 0.324 e. The molecule has 5 heteroatoms. The smallest absolute Gasteiger partial charge is 0.241 e. The molecule has 0 spiro atoms. The van der Waals surface area contributed by atoms with Gasteiger partial charge >= 0.3 is 0 Å². The molecule has 0 aliphatic carbocycles. The van der Waals surface area contributed by atoms with Crippen LogP contribution < -0.4 is 5.32 Å². The van der Waals surface area contributed by atoms with Gasteiger partial charge < -0.3 is 5.32 Å². The van der Waals surface area contributed by atoms with Gasteiger partial charge in [-0.15, -0.1) is 0 Å². The molecule has 18 heavy (non-hydrogen) atoms. The average molecular weight is 262 g/mol. The quantitative estimate of drug-likeness (QED) is 0.905. The van der Waals surface area contributed by atoms with Crippen LogP contribution in [0, 0.1) is 28.6 Å². The highest BCUT2D eigenvalue weighted by atomic mass is 35.5. The van der Waals surface area contributed by atoms with Crippen LogP contribution in [0.1, 0.15) is 25.3 Å². The first kappa shape index (κ1) is 14.0. The lowest BCUT2D eigenvalue weighted by Crippen LogP contribution is -2.22. The lowest BCUT2D eigenvalue weighted by molar-refractivity contribution is -0.118. The first-order valence-electron chi connectivity index (χ1n) is 5.52. The summed E-state index contributed by atoms with van der Waals surface area (Å²) in [6.45, 7) is 1.90. The molecule has 0 fully saturated rings. The Hall–Kier alpha value is -2.04. The first-order chi connectivity index (χ1) is 8.62. The van der Waals surface area contributed by atoms with Crippen LogP contribution in [0.3, 0.4) is 0 Å². The fourth-order valence-electron chi connectivity index (χ4n) is 1.48. The SMILES string of the molecule is CCCC(C#N)C(=O)Nc1cc(Cl)ccc1C#N. The van der Waals surface area contributed by atoms with E-state index in [2.05, 4.69) is 5.32 Å². The average Bonchev–Trinajstić information content (AvgIpc) is 2.36. The highest BCUT2D eigenvalue weighted by Crippen LogP contribution is 2.21. The number of hydrogen-bond donors (Lipinski definition) is 1. The maximum absolute atomic E-state index is 11.8. The van der Waals surface area contributed by atoms with Crippen molar-refractivity contribution in [1.29, 1.82) is 10.5 Å². The minimum absolute atomic E-state index is 0.320. The Morgan fingerprint density at radius 2 is 2.22 bits per heavy atom. The summed E-state index contributed by atoms with van der Waals surface area (Å²) in [7, 11) is 0. The number of amides is 1. The molecule has 4 nitrogen and oxygen atoms in total. The molecule has 1 aromatic rings. The van der Waals surface area contributed by atoms with Gasteiger partial charge in [0.15, 0.2) is 0 Å². The fourth-order valence-corrected chi connectivity index (χ4v) is 1.65. The topological polar surface area (TPSA) is 76.7 Å². The maximum atomic E-state index is 11.8. The highest BCUT2D eigenvalue weighted by molar-refractivity contribution is 6.31. The second-order valence-electron chi connectivity index (χ2n) is 3.76. The Morgan fingerprint density at radius 3 is 2.78 bits per heavy atom. The molecule has 0 aliphatic rings. The molecule has 1 amide bonds. The van der Waals surface area contributed by atoms with E-state index in [1.165, 1.54) is 12.1 Å². The van der Waals surface area contributed by atoms with Crippen LogP contribution in [-0.4, -0.2) is 5.91 Å². The zero-order chi connectivity index (χ0) is 13.5. The molecule has 0 aliphatic heterocycles. The summed E-state index contributed by atoms with van der Waals surface area (Å²) in [6.07, 6.45) is 1.23. The van der Waals surface area contributed by atoms with E-state index in [0.717, 1.165) is 6.42 Å². The summed E-state index contributed by atoms with van der Waals surface area (Å²) in [5.74, 6) is -1.11. The molecule has 0 radical (unpaired) electrons. The van der Waals surface area contributed by atoms with Gasteiger partial charge in [0, 0.05) is 5.02 Å². The maximum Gasteiger partial charge on any atom is 0.241 e. The number of anilines is 1. The summed E-state index contributed by atoms with van der Waals surface area (Å²) in [6, 6.07) is 8.51. The predicted octanol–water partition coefficient (Wildman–Crippen LogP) is 3.09. The molecule has 1 N–H and O–H groups in total. The first-order valence-corrected chi connectivity index (χ1v) is 5.90. The summed E-state index contributed by atoms with van der Waals surface area (Å²) in [4.78, 5) is 11.8. The Labute approximate surface area is 111 Å². The molecule has 0 heterocycles. The Kier molecular flexibility index (Phi) is 5.17. The van der Waals surface area contributed by atoms with Gasteiger partial charge in [-0.2, -0.15) is 10.5 Å². The van der Waals surface area contributed by atoms with E-state index in [4.69, 9.17) is 22.1 Å². The molecule has 0 saturated carbocycles. The van der Waals surface area contributed by atoms with Crippen LogP contribution in [-0.2, 0) is 4.79 Å². The summed E-state index contributed by atoms with van der Waals surface area (Å²) in [5, 5.41) is 20.8. The molecule has 0 saturated heterocycles. The van der Waals surface area contributed by atoms with Crippen LogP contribution in [0.25, 0.3) is 0 Å². The van der Waals surface area contributed by atoms with E-state index in [1.54, 1.807) is 6.07 Å². The predicted molar refractivity (Wildman–Crippen MR) is 68.8 cm³/mol. The van der Waals surface area contributed by atoms with Crippen molar-refractivity contribution in [3.8, 4) is 12.1 Å². The number of carbonyl (C=O) groups is 1. The fraction of sp³-hybridized carbons (Fsp3) is 0.308.